The lowest BCUT2D eigenvalue weighted by atomic mass is 10.1. The Morgan fingerprint density at radius 3 is 2.34 bits per heavy atom. The van der Waals surface area contributed by atoms with Crippen LogP contribution in [0.25, 0.3) is 11.3 Å². The van der Waals surface area contributed by atoms with E-state index in [1.165, 1.54) is 19.2 Å². The maximum absolute atomic E-state index is 12.5. The average molecular weight is 394 g/mol. The lowest BCUT2D eigenvalue weighted by molar-refractivity contribution is -0.119. The normalized spacial score (nSPS) is 10.3. The molecule has 0 aliphatic rings. The molecule has 0 bridgehead atoms. The summed E-state index contributed by atoms with van der Waals surface area (Å²) >= 11 is 0. The second kappa shape index (κ2) is 8.83. The van der Waals surface area contributed by atoms with E-state index < -0.39 is 24.5 Å². The van der Waals surface area contributed by atoms with Crippen molar-refractivity contribution in [3.63, 3.8) is 0 Å². The smallest absolute Gasteiger partial charge is 0.344 e. The summed E-state index contributed by atoms with van der Waals surface area (Å²) in [6.45, 7) is 1.11. The van der Waals surface area contributed by atoms with Crippen molar-refractivity contribution in [2.45, 2.75) is 6.92 Å². The highest BCUT2D eigenvalue weighted by Crippen LogP contribution is 2.25. The third-order valence-corrected chi connectivity index (χ3v) is 4.04. The maximum atomic E-state index is 12.5. The number of rotatable bonds is 6. The first kappa shape index (κ1) is 19.8. The Morgan fingerprint density at radius 1 is 1.00 bits per heavy atom. The molecule has 1 N–H and O–H groups in total. The number of esters is 2. The van der Waals surface area contributed by atoms with Gasteiger partial charge in [-0.1, -0.05) is 35.5 Å². The van der Waals surface area contributed by atoms with Crippen molar-refractivity contribution >= 4 is 23.5 Å². The van der Waals surface area contributed by atoms with Gasteiger partial charge in [0.05, 0.1) is 12.7 Å². The molecule has 8 heteroatoms. The van der Waals surface area contributed by atoms with E-state index in [-0.39, 0.29) is 5.56 Å². The van der Waals surface area contributed by atoms with Crippen molar-refractivity contribution in [2.75, 3.05) is 19.0 Å². The standard InChI is InChI=1S/C21H18N2O6/c1-13-18(19(23-29-13)14-6-4-3-5-7-14)21(26)28-12-17(24)22-16-10-8-15(9-11-16)20(25)27-2/h3-11H,12H2,1-2H3,(H,22,24). The minimum Gasteiger partial charge on any atom is -0.465 e. The van der Waals surface area contributed by atoms with Crippen LogP contribution < -0.4 is 5.32 Å². The Labute approximate surface area is 166 Å². The largest absolute Gasteiger partial charge is 0.465 e. The Hall–Kier alpha value is -3.94. The number of hydrogen-bond acceptors (Lipinski definition) is 7. The fraction of sp³-hybridized carbons (Fsp3) is 0.143. The summed E-state index contributed by atoms with van der Waals surface area (Å²) in [5.74, 6) is -1.42. The van der Waals surface area contributed by atoms with E-state index in [0.29, 0.717) is 28.3 Å². The van der Waals surface area contributed by atoms with Gasteiger partial charge in [0.25, 0.3) is 5.91 Å². The fourth-order valence-corrected chi connectivity index (χ4v) is 2.61. The van der Waals surface area contributed by atoms with Crippen LogP contribution >= 0.6 is 0 Å². The predicted molar refractivity (Wildman–Crippen MR) is 103 cm³/mol. The van der Waals surface area contributed by atoms with E-state index >= 15 is 0 Å². The molecular weight excluding hydrogens is 376 g/mol. The molecule has 8 nitrogen and oxygen atoms in total. The highest BCUT2D eigenvalue weighted by molar-refractivity contribution is 5.99. The van der Waals surface area contributed by atoms with Gasteiger partial charge in [-0.15, -0.1) is 0 Å². The van der Waals surface area contributed by atoms with E-state index in [9.17, 15) is 14.4 Å². The summed E-state index contributed by atoms with van der Waals surface area (Å²) in [4.78, 5) is 36.0. The zero-order chi connectivity index (χ0) is 20.8. The number of carbonyl (C=O) groups is 3. The molecule has 2 aromatic carbocycles. The first-order valence-electron chi connectivity index (χ1n) is 8.66. The molecule has 1 amide bonds. The minimum atomic E-state index is -0.709. The Kier molecular flexibility index (Phi) is 6.03. The van der Waals surface area contributed by atoms with Crippen LogP contribution in [0.4, 0.5) is 5.69 Å². The van der Waals surface area contributed by atoms with Gasteiger partial charge in [-0.3, -0.25) is 4.79 Å². The molecule has 0 aliphatic carbocycles. The molecule has 0 aliphatic heterocycles. The fourth-order valence-electron chi connectivity index (χ4n) is 2.61. The van der Waals surface area contributed by atoms with Crippen LogP contribution in [0.2, 0.25) is 0 Å². The third-order valence-electron chi connectivity index (χ3n) is 4.04. The van der Waals surface area contributed by atoms with Gasteiger partial charge >= 0.3 is 11.9 Å². The average Bonchev–Trinajstić information content (AvgIpc) is 3.14. The highest BCUT2D eigenvalue weighted by Gasteiger charge is 2.23. The summed E-state index contributed by atoms with van der Waals surface area (Å²) in [5, 5.41) is 6.50. The topological polar surface area (TPSA) is 108 Å². The van der Waals surface area contributed by atoms with E-state index in [0.717, 1.165) is 0 Å². The monoisotopic (exact) mass is 394 g/mol. The number of methoxy groups -OCH3 is 1. The number of hydrogen-bond donors (Lipinski definition) is 1. The molecule has 29 heavy (non-hydrogen) atoms. The molecule has 148 valence electrons. The number of aryl methyl sites for hydroxylation is 1. The molecule has 0 spiro atoms. The molecular formula is C21H18N2O6. The van der Waals surface area contributed by atoms with E-state index in [4.69, 9.17) is 9.26 Å². The summed E-state index contributed by atoms with van der Waals surface area (Å²) < 4.78 is 14.9. The number of carbonyl (C=O) groups excluding carboxylic acids is 3. The van der Waals surface area contributed by atoms with Gasteiger partial charge in [0.1, 0.15) is 17.0 Å². The van der Waals surface area contributed by atoms with Crippen LogP contribution in [0, 0.1) is 6.92 Å². The van der Waals surface area contributed by atoms with Crippen molar-refractivity contribution in [1.82, 2.24) is 5.16 Å². The van der Waals surface area contributed by atoms with E-state index in [2.05, 4.69) is 15.2 Å². The Balaban J connectivity index is 1.62. The van der Waals surface area contributed by atoms with Crippen molar-refractivity contribution in [1.29, 1.82) is 0 Å². The Bertz CT molecular complexity index is 1030. The van der Waals surface area contributed by atoms with Gasteiger partial charge < -0.3 is 19.3 Å². The quantitative estimate of drug-likeness (QED) is 0.640. The molecule has 0 saturated carbocycles. The molecule has 0 saturated heterocycles. The zero-order valence-electron chi connectivity index (χ0n) is 15.8. The van der Waals surface area contributed by atoms with Gasteiger partial charge in [-0.05, 0) is 31.2 Å². The lowest BCUT2D eigenvalue weighted by Crippen LogP contribution is -2.21. The number of ether oxygens (including phenoxy) is 2. The zero-order valence-corrected chi connectivity index (χ0v) is 15.8. The SMILES string of the molecule is COC(=O)c1ccc(NC(=O)COC(=O)c2c(-c3ccccc3)noc2C)cc1. The molecule has 0 fully saturated rings. The van der Waals surface area contributed by atoms with Crippen LogP contribution in [-0.4, -0.2) is 36.7 Å². The van der Waals surface area contributed by atoms with Gasteiger partial charge in [0.15, 0.2) is 6.61 Å². The molecule has 3 rings (SSSR count). The van der Waals surface area contributed by atoms with E-state index in [1.54, 1.807) is 31.2 Å². The second-order valence-corrected chi connectivity index (χ2v) is 6.02. The number of anilines is 1. The van der Waals surface area contributed by atoms with Crippen LogP contribution in [0.15, 0.2) is 59.1 Å². The lowest BCUT2D eigenvalue weighted by Gasteiger charge is -2.07. The molecule has 0 atom stereocenters. The van der Waals surface area contributed by atoms with Crippen LogP contribution in [0.3, 0.4) is 0 Å². The maximum Gasteiger partial charge on any atom is 0.344 e. The van der Waals surface area contributed by atoms with Crippen molar-refractivity contribution in [3.8, 4) is 11.3 Å². The number of nitrogens with zero attached hydrogens (tertiary/aromatic N) is 1. The first-order valence-corrected chi connectivity index (χ1v) is 8.66. The van der Waals surface area contributed by atoms with Crippen molar-refractivity contribution in [3.05, 3.63) is 71.5 Å². The predicted octanol–water partition coefficient (Wildman–Crippen LogP) is 3.23. The summed E-state index contributed by atoms with van der Waals surface area (Å²) in [6.07, 6.45) is 0. The summed E-state index contributed by atoms with van der Waals surface area (Å²) in [6, 6.07) is 15.2. The number of nitrogens with one attached hydrogen (secondary N) is 1. The van der Waals surface area contributed by atoms with Gasteiger partial charge in [0.2, 0.25) is 0 Å². The Morgan fingerprint density at radius 2 is 1.69 bits per heavy atom. The van der Waals surface area contributed by atoms with Gasteiger partial charge in [0, 0.05) is 11.3 Å². The third kappa shape index (κ3) is 4.67. The van der Waals surface area contributed by atoms with Crippen LogP contribution in [-0.2, 0) is 14.3 Å². The van der Waals surface area contributed by atoms with Crippen molar-refractivity contribution < 1.29 is 28.4 Å². The molecule has 0 radical (unpaired) electrons. The molecule has 1 aromatic heterocycles. The molecule has 1 heterocycles. The summed E-state index contributed by atoms with van der Waals surface area (Å²) in [7, 11) is 1.28. The van der Waals surface area contributed by atoms with Crippen LogP contribution in [0.5, 0.6) is 0 Å². The molecule has 0 unspecified atom stereocenters. The van der Waals surface area contributed by atoms with Crippen molar-refractivity contribution in [2.24, 2.45) is 0 Å². The second-order valence-electron chi connectivity index (χ2n) is 6.02. The van der Waals surface area contributed by atoms with Crippen LogP contribution in [0.1, 0.15) is 26.5 Å². The summed E-state index contributed by atoms with van der Waals surface area (Å²) in [5.41, 5.74) is 2.03. The number of amides is 1. The van der Waals surface area contributed by atoms with Gasteiger partial charge in [-0.25, -0.2) is 9.59 Å². The minimum absolute atomic E-state index is 0.173. The van der Waals surface area contributed by atoms with Gasteiger partial charge in [-0.2, -0.15) is 0 Å². The number of benzene rings is 2. The van der Waals surface area contributed by atoms with E-state index in [1.807, 2.05) is 18.2 Å². The number of aromatic nitrogens is 1. The highest BCUT2D eigenvalue weighted by atomic mass is 16.5. The molecule has 3 aromatic rings. The first-order chi connectivity index (χ1) is 14.0.